The van der Waals surface area contributed by atoms with Crippen LogP contribution in [0.3, 0.4) is 0 Å². The molecule has 0 atom stereocenters. The summed E-state index contributed by atoms with van der Waals surface area (Å²) in [5.41, 5.74) is 5.08. The van der Waals surface area contributed by atoms with E-state index in [4.69, 9.17) is 0 Å². The molecule has 0 aliphatic heterocycles. The van der Waals surface area contributed by atoms with E-state index in [0.29, 0.717) is 11.4 Å². The van der Waals surface area contributed by atoms with Gasteiger partial charge in [-0.1, -0.05) is 57.5 Å². The molecule has 3 aromatic carbocycles. The fourth-order valence-corrected chi connectivity index (χ4v) is 3.79. The molecule has 31 heavy (non-hydrogen) atoms. The van der Waals surface area contributed by atoms with Crippen LogP contribution in [0.15, 0.2) is 77.3 Å². The van der Waals surface area contributed by atoms with Crippen molar-refractivity contribution < 1.29 is 4.79 Å². The van der Waals surface area contributed by atoms with Gasteiger partial charge in [0, 0.05) is 15.7 Å². The maximum atomic E-state index is 12.8. The molecule has 152 valence electrons. The van der Waals surface area contributed by atoms with Crippen molar-refractivity contribution in [1.29, 1.82) is 0 Å². The van der Waals surface area contributed by atoms with E-state index < -0.39 is 0 Å². The van der Waals surface area contributed by atoms with Gasteiger partial charge < -0.3 is 10.3 Å². The van der Waals surface area contributed by atoms with Crippen LogP contribution in [-0.2, 0) is 0 Å². The summed E-state index contributed by atoms with van der Waals surface area (Å²) in [4.78, 5) is 20.8. The van der Waals surface area contributed by atoms with Crippen molar-refractivity contribution in [2.45, 2.75) is 6.92 Å². The average Bonchev–Trinajstić information content (AvgIpc) is 3.37. The maximum Gasteiger partial charge on any atom is 0.278 e. The van der Waals surface area contributed by atoms with Gasteiger partial charge in [-0.2, -0.15) is 0 Å². The molecule has 2 aromatic heterocycles. The lowest BCUT2D eigenvalue weighted by molar-refractivity contribution is 0.102. The molecule has 0 saturated carbocycles. The maximum absolute atomic E-state index is 12.8. The van der Waals surface area contributed by atoms with E-state index >= 15 is 0 Å². The lowest BCUT2D eigenvalue weighted by atomic mass is 10.2. The van der Waals surface area contributed by atoms with Gasteiger partial charge in [-0.3, -0.25) is 4.79 Å². The third-order valence-corrected chi connectivity index (χ3v) is 5.44. The van der Waals surface area contributed by atoms with Crippen LogP contribution in [0.5, 0.6) is 0 Å². The first kappa shape index (κ1) is 19.2. The van der Waals surface area contributed by atoms with Gasteiger partial charge >= 0.3 is 0 Å². The fraction of sp³-hybridized carbons (Fsp3) is 0.0435. The third kappa shape index (κ3) is 3.73. The summed E-state index contributed by atoms with van der Waals surface area (Å²) in [6.07, 6.45) is 0. The number of H-pyrrole nitrogens is 1. The zero-order chi connectivity index (χ0) is 21.4. The number of carbonyl (C=O) groups is 1. The van der Waals surface area contributed by atoms with E-state index in [-0.39, 0.29) is 11.6 Å². The Hall–Kier alpha value is -3.78. The van der Waals surface area contributed by atoms with Gasteiger partial charge in [-0.25, -0.2) is 9.67 Å². The lowest BCUT2D eigenvalue weighted by Gasteiger charge is -2.05. The number of fused-ring (bicyclic) bond motifs is 1. The van der Waals surface area contributed by atoms with Crippen LogP contribution in [0.25, 0.3) is 28.1 Å². The second kappa shape index (κ2) is 7.81. The molecule has 7 nitrogen and oxygen atoms in total. The Bertz CT molecular complexity index is 1410. The first-order chi connectivity index (χ1) is 15.1. The van der Waals surface area contributed by atoms with Crippen molar-refractivity contribution in [3.63, 3.8) is 0 Å². The first-order valence-corrected chi connectivity index (χ1v) is 10.4. The zero-order valence-electron chi connectivity index (χ0n) is 16.5. The van der Waals surface area contributed by atoms with Gasteiger partial charge in [0.1, 0.15) is 5.82 Å². The molecule has 8 heteroatoms. The van der Waals surface area contributed by atoms with Gasteiger partial charge in [0.05, 0.1) is 22.4 Å². The smallest absolute Gasteiger partial charge is 0.278 e. The summed E-state index contributed by atoms with van der Waals surface area (Å²) >= 11 is 3.45. The summed E-state index contributed by atoms with van der Waals surface area (Å²) in [6.45, 7) is 1.82. The summed E-state index contributed by atoms with van der Waals surface area (Å²) in [7, 11) is 0. The minimum atomic E-state index is -0.319. The van der Waals surface area contributed by atoms with Crippen LogP contribution >= 0.6 is 15.9 Å². The molecule has 0 aliphatic carbocycles. The molecule has 0 unspecified atom stereocenters. The Balaban J connectivity index is 1.40. The number of aromatic amines is 1. The highest BCUT2D eigenvalue weighted by atomic mass is 79.9. The van der Waals surface area contributed by atoms with E-state index in [2.05, 4.69) is 41.5 Å². The minimum Gasteiger partial charge on any atom is -0.338 e. The topological polar surface area (TPSA) is 88.5 Å². The molecule has 0 radical (unpaired) electrons. The highest BCUT2D eigenvalue weighted by Crippen LogP contribution is 2.23. The van der Waals surface area contributed by atoms with Crippen LogP contribution in [0.1, 0.15) is 16.2 Å². The van der Waals surface area contributed by atoms with Crippen LogP contribution in [0, 0.1) is 6.92 Å². The predicted molar refractivity (Wildman–Crippen MR) is 123 cm³/mol. The van der Waals surface area contributed by atoms with Crippen molar-refractivity contribution in [2.75, 3.05) is 5.32 Å². The van der Waals surface area contributed by atoms with Gasteiger partial charge in [0.25, 0.3) is 5.91 Å². The number of aromatic nitrogens is 5. The average molecular weight is 473 g/mol. The number of hydrogen-bond donors (Lipinski definition) is 2. The van der Waals surface area contributed by atoms with Crippen molar-refractivity contribution >= 4 is 38.6 Å². The summed E-state index contributed by atoms with van der Waals surface area (Å²) in [5.74, 6) is 0.466. The Morgan fingerprint density at radius 3 is 2.68 bits per heavy atom. The highest BCUT2D eigenvalue weighted by Gasteiger charge is 2.18. The molecule has 0 aliphatic rings. The van der Waals surface area contributed by atoms with Crippen LogP contribution in [0.4, 0.5) is 5.69 Å². The van der Waals surface area contributed by atoms with Gasteiger partial charge in [0.2, 0.25) is 0 Å². The van der Waals surface area contributed by atoms with Crippen molar-refractivity contribution in [3.05, 3.63) is 88.7 Å². The number of imidazole rings is 1. The van der Waals surface area contributed by atoms with Crippen molar-refractivity contribution in [3.8, 4) is 17.1 Å². The highest BCUT2D eigenvalue weighted by molar-refractivity contribution is 9.10. The largest absolute Gasteiger partial charge is 0.338 e. The molecule has 0 saturated heterocycles. The number of hydrogen-bond acceptors (Lipinski definition) is 4. The normalized spacial score (nSPS) is 11.0. The second-order valence-electron chi connectivity index (χ2n) is 7.05. The Morgan fingerprint density at radius 1 is 1.03 bits per heavy atom. The first-order valence-electron chi connectivity index (χ1n) is 9.63. The number of carbonyl (C=O) groups excluding carboxylic acids is 1. The Kier molecular flexibility index (Phi) is 4.83. The molecular weight excluding hydrogens is 456 g/mol. The van der Waals surface area contributed by atoms with Gasteiger partial charge in [-0.05, 0) is 43.3 Å². The molecule has 0 spiro atoms. The molecule has 5 aromatic rings. The molecule has 2 heterocycles. The monoisotopic (exact) mass is 472 g/mol. The fourth-order valence-electron chi connectivity index (χ4n) is 3.40. The van der Waals surface area contributed by atoms with Crippen molar-refractivity contribution in [1.82, 2.24) is 25.0 Å². The lowest BCUT2D eigenvalue weighted by Crippen LogP contribution is -2.14. The molecule has 5 rings (SSSR count). The van der Waals surface area contributed by atoms with E-state index in [1.54, 1.807) is 4.68 Å². The Morgan fingerprint density at radius 2 is 1.87 bits per heavy atom. The van der Waals surface area contributed by atoms with E-state index in [1.165, 1.54) is 0 Å². The van der Waals surface area contributed by atoms with Crippen LogP contribution in [-0.4, -0.2) is 30.9 Å². The third-order valence-electron chi connectivity index (χ3n) is 4.95. The standard InChI is InChI=1S/C23H17BrN6O/c1-14-21(28-29-30(14)18-9-5-8-16(24)12-18)23(31)25-17-10-11-19-20(13-17)27-22(26-19)15-6-3-2-4-7-15/h2-13H,1H3,(H,25,31)(H,26,27). The molecule has 0 bridgehead atoms. The summed E-state index contributed by atoms with van der Waals surface area (Å²) < 4.78 is 2.57. The zero-order valence-corrected chi connectivity index (χ0v) is 18.1. The van der Waals surface area contributed by atoms with Gasteiger partial charge in [-0.15, -0.1) is 5.10 Å². The molecular formula is C23H17BrN6O. The number of halogens is 1. The van der Waals surface area contributed by atoms with E-state index in [1.807, 2.05) is 79.7 Å². The van der Waals surface area contributed by atoms with Gasteiger partial charge in [0.15, 0.2) is 5.69 Å². The number of anilines is 1. The number of rotatable bonds is 4. The van der Waals surface area contributed by atoms with Crippen LogP contribution < -0.4 is 5.32 Å². The Labute approximate surface area is 186 Å². The van der Waals surface area contributed by atoms with E-state index in [9.17, 15) is 4.79 Å². The number of nitrogens with one attached hydrogen (secondary N) is 2. The summed E-state index contributed by atoms with van der Waals surface area (Å²) in [5, 5.41) is 11.1. The summed E-state index contributed by atoms with van der Waals surface area (Å²) in [6, 6.07) is 23.1. The number of benzene rings is 3. The number of amides is 1. The molecule has 2 N–H and O–H groups in total. The second-order valence-corrected chi connectivity index (χ2v) is 7.97. The molecule has 0 fully saturated rings. The van der Waals surface area contributed by atoms with Crippen molar-refractivity contribution in [2.24, 2.45) is 0 Å². The number of nitrogens with zero attached hydrogens (tertiary/aromatic N) is 4. The predicted octanol–water partition coefficient (Wildman–Crippen LogP) is 5.13. The van der Waals surface area contributed by atoms with E-state index in [0.717, 1.165) is 32.6 Å². The molecule has 1 amide bonds. The SMILES string of the molecule is Cc1c(C(=O)Nc2ccc3nc(-c4ccccc4)[nH]c3c2)nnn1-c1cccc(Br)c1. The minimum absolute atomic E-state index is 0.273. The van der Waals surface area contributed by atoms with Crippen LogP contribution in [0.2, 0.25) is 0 Å². The quantitative estimate of drug-likeness (QED) is 0.379.